The lowest BCUT2D eigenvalue weighted by Crippen LogP contribution is -2.32. The van der Waals surface area contributed by atoms with E-state index >= 15 is 0 Å². The second-order valence-electron chi connectivity index (χ2n) is 5.56. The molecule has 1 aliphatic carbocycles. The Morgan fingerprint density at radius 2 is 2.20 bits per heavy atom. The lowest BCUT2D eigenvalue weighted by Gasteiger charge is -2.33. The summed E-state index contributed by atoms with van der Waals surface area (Å²) in [6.07, 6.45) is 5.96. The first kappa shape index (κ1) is 13.7. The molecular formula is C16H20BrN3. The average molecular weight is 334 g/mol. The topological polar surface area (TPSA) is 42.1 Å². The van der Waals surface area contributed by atoms with E-state index in [1.54, 1.807) is 0 Å². The van der Waals surface area contributed by atoms with Crippen LogP contribution in [0.15, 0.2) is 28.9 Å². The van der Waals surface area contributed by atoms with Gasteiger partial charge in [0.15, 0.2) is 0 Å². The number of nitrogens with zero attached hydrogens (tertiary/aromatic N) is 2. The molecule has 1 fully saturated rings. The molecule has 3 rings (SSSR count). The Bertz CT molecular complexity index is 622. The van der Waals surface area contributed by atoms with Crippen LogP contribution in [0.4, 0.5) is 11.4 Å². The van der Waals surface area contributed by atoms with E-state index in [2.05, 4.69) is 44.9 Å². The standard InChI is InChI=1S/C16H20BrN3/c1-2-20(10-11-4-3-5-11)15-7-6-14(18)13-8-12(17)9-19-16(13)15/h6-9,11H,2-5,10,18H2,1H3. The predicted molar refractivity (Wildman–Crippen MR) is 89.1 cm³/mol. The van der Waals surface area contributed by atoms with Gasteiger partial charge in [0.05, 0.1) is 11.2 Å². The molecule has 1 aliphatic rings. The van der Waals surface area contributed by atoms with Gasteiger partial charge >= 0.3 is 0 Å². The molecule has 0 spiro atoms. The first-order valence-electron chi connectivity index (χ1n) is 7.27. The zero-order valence-electron chi connectivity index (χ0n) is 11.8. The van der Waals surface area contributed by atoms with Gasteiger partial charge in [0, 0.05) is 34.8 Å². The molecule has 0 amide bonds. The molecule has 0 atom stereocenters. The van der Waals surface area contributed by atoms with Gasteiger partial charge in [0.25, 0.3) is 0 Å². The van der Waals surface area contributed by atoms with Gasteiger partial charge in [-0.15, -0.1) is 0 Å². The van der Waals surface area contributed by atoms with E-state index in [1.165, 1.54) is 24.9 Å². The fourth-order valence-corrected chi connectivity index (χ4v) is 3.17. The van der Waals surface area contributed by atoms with Crippen molar-refractivity contribution in [3.05, 3.63) is 28.9 Å². The first-order chi connectivity index (χ1) is 9.69. The number of halogens is 1. The van der Waals surface area contributed by atoms with Crippen molar-refractivity contribution in [3.63, 3.8) is 0 Å². The second kappa shape index (κ2) is 5.60. The highest BCUT2D eigenvalue weighted by Crippen LogP contribution is 2.34. The second-order valence-corrected chi connectivity index (χ2v) is 6.47. The summed E-state index contributed by atoms with van der Waals surface area (Å²) in [6.45, 7) is 4.35. The maximum Gasteiger partial charge on any atom is 0.0956 e. The van der Waals surface area contributed by atoms with Gasteiger partial charge in [-0.2, -0.15) is 0 Å². The quantitative estimate of drug-likeness (QED) is 0.852. The molecule has 1 aromatic heterocycles. The number of fused-ring (bicyclic) bond motifs is 1. The Hall–Kier alpha value is -1.29. The van der Waals surface area contributed by atoms with Crippen LogP contribution in [-0.4, -0.2) is 18.1 Å². The molecule has 0 radical (unpaired) electrons. The number of hydrogen-bond donors (Lipinski definition) is 1. The molecule has 1 heterocycles. The van der Waals surface area contributed by atoms with E-state index in [4.69, 9.17) is 5.73 Å². The molecule has 0 bridgehead atoms. The van der Waals surface area contributed by atoms with Crippen molar-refractivity contribution in [1.82, 2.24) is 4.98 Å². The normalized spacial score (nSPS) is 15.3. The molecular weight excluding hydrogens is 314 g/mol. The SMILES string of the molecule is CCN(CC1CCC1)c1ccc(N)c2cc(Br)cnc12. The highest BCUT2D eigenvalue weighted by molar-refractivity contribution is 9.10. The van der Waals surface area contributed by atoms with E-state index in [0.29, 0.717) is 0 Å². The molecule has 106 valence electrons. The maximum atomic E-state index is 6.09. The van der Waals surface area contributed by atoms with Gasteiger partial charge in [-0.25, -0.2) is 0 Å². The zero-order valence-corrected chi connectivity index (χ0v) is 13.4. The van der Waals surface area contributed by atoms with Crippen molar-refractivity contribution in [2.24, 2.45) is 5.92 Å². The Morgan fingerprint density at radius 3 is 2.85 bits per heavy atom. The Labute approximate surface area is 128 Å². The third kappa shape index (κ3) is 2.49. The highest BCUT2D eigenvalue weighted by Gasteiger charge is 2.21. The van der Waals surface area contributed by atoms with Gasteiger partial charge in [0.2, 0.25) is 0 Å². The summed E-state index contributed by atoms with van der Waals surface area (Å²) in [4.78, 5) is 7.03. The van der Waals surface area contributed by atoms with Gasteiger partial charge in [0.1, 0.15) is 0 Å². The van der Waals surface area contributed by atoms with Crippen LogP contribution in [0, 0.1) is 5.92 Å². The molecule has 0 unspecified atom stereocenters. The van der Waals surface area contributed by atoms with Gasteiger partial charge < -0.3 is 10.6 Å². The molecule has 0 aliphatic heterocycles. The lowest BCUT2D eigenvalue weighted by atomic mass is 9.85. The highest BCUT2D eigenvalue weighted by atomic mass is 79.9. The number of anilines is 2. The molecule has 4 heteroatoms. The zero-order chi connectivity index (χ0) is 14.1. The summed E-state index contributed by atoms with van der Waals surface area (Å²) < 4.78 is 0.968. The molecule has 0 saturated heterocycles. The number of rotatable bonds is 4. The van der Waals surface area contributed by atoms with Gasteiger partial charge in [-0.05, 0) is 59.8 Å². The van der Waals surface area contributed by atoms with Crippen molar-refractivity contribution < 1.29 is 0 Å². The number of nitrogens with two attached hydrogens (primary N) is 1. The fraction of sp³-hybridized carbons (Fsp3) is 0.438. The number of pyridine rings is 1. The molecule has 1 saturated carbocycles. The van der Waals surface area contributed by atoms with Crippen molar-refractivity contribution in [2.45, 2.75) is 26.2 Å². The number of hydrogen-bond acceptors (Lipinski definition) is 3. The van der Waals surface area contributed by atoms with Crippen molar-refractivity contribution in [2.75, 3.05) is 23.7 Å². The summed E-state index contributed by atoms with van der Waals surface area (Å²) in [5, 5.41) is 1.03. The summed E-state index contributed by atoms with van der Waals surface area (Å²) >= 11 is 3.47. The monoisotopic (exact) mass is 333 g/mol. The number of aromatic nitrogens is 1. The largest absolute Gasteiger partial charge is 0.398 e. The van der Waals surface area contributed by atoms with Crippen LogP contribution in [0.2, 0.25) is 0 Å². The van der Waals surface area contributed by atoms with Crippen LogP contribution < -0.4 is 10.6 Å². The average Bonchev–Trinajstić information content (AvgIpc) is 2.40. The van der Waals surface area contributed by atoms with E-state index in [-0.39, 0.29) is 0 Å². The third-order valence-corrected chi connectivity index (χ3v) is 4.69. The van der Waals surface area contributed by atoms with Crippen LogP contribution in [0.1, 0.15) is 26.2 Å². The van der Waals surface area contributed by atoms with Gasteiger partial charge in [-0.1, -0.05) is 6.42 Å². The lowest BCUT2D eigenvalue weighted by molar-refractivity contribution is 0.318. The molecule has 2 aromatic rings. The van der Waals surface area contributed by atoms with Crippen LogP contribution >= 0.6 is 15.9 Å². The van der Waals surface area contributed by atoms with Crippen LogP contribution in [-0.2, 0) is 0 Å². The van der Waals surface area contributed by atoms with Crippen LogP contribution in [0.3, 0.4) is 0 Å². The van der Waals surface area contributed by atoms with Crippen LogP contribution in [0.25, 0.3) is 10.9 Å². The maximum absolute atomic E-state index is 6.09. The summed E-state index contributed by atoms with van der Waals surface area (Å²) in [7, 11) is 0. The minimum Gasteiger partial charge on any atom is -0.398 e. The number of benzene rings is 1. The van der Waals surface area contributed by atoms with E-state index < -0.39 is 0 Å². The molecule has 20 heavy (non-hydrogen) atoms. The van der Waals surface area contributed by atoms with Crippen molar-refractivity contribution in [3.8, 4) is 0 Å². The summed E-state index contributed by atoms with van der Waals surface area (Å²) in [5.74, 6) is 0.845. The third-order valence-electron chi connectivity index (χ3n) is 4.25. The predicted octanol–water partition coefficient (Wildman–Crippen LogP) is 4.21. The molecule has 1 aromatic carbocycles. The Morgan fingerprint density at radius 1 is 1.40 bits per heavy atom. The van der Waals surface area contributed by atoms with Crippen molar-refractivity contribution in [1.29, 1.82) is 0 Å². The number of nitrogen functional groups attached to an aromatic ring is 1. The summed E-state index contributed by atoms with van der Waals surface area (Å²) in [6, 6.07) is 6.16. The van der Waals surface area contributed by atoms with E-state index in [1.807, 2.05) is 12.3 Å². The fourth-order valence-electron chi connectivity index (χ4n) is 2.84. The van der Waals surface area contributed by atoms with E-state index in [9.17, 15) is 0 Å². The first-order valence-corrected chi connectivity index (χ1v) is 8.07. The van der Waals surface area contributed by atoms with Crippen LogP contribution in [0.5, 0.6) is 0 Å². The van der Waals surface area contributed by atoms with Gasteiger partial charge in [-0.3, -0.25) is 4.98 Å². The van der Waals surface area contributed by atoms with E-state index in [0.717, 1.165) is 40.1 Å². The minimum atomic E-state index is 0.789. The smallest absolute Gasteiger partial charge is 0.0956 e. The molecule has 3 nitrogen and oxygen atoms in total. The Kier molecular flexibility index (Phi) is 3.83. The minimum absolute atomic E-state index is 0.789. The van der Waals surface area contributed by atoms with Crippen molar-refractivity contribution >= 4 is 38.2 Å². The molecule has 2 N–H and O–H groups in total. The summed E-state index contributed by atoms with van der Waals surface area (Å²) in [5.41, 5.74) is 9.10. The Balaban J connectivity index is 2.02.